The number of fused-ring (bicyclic) bond motifs is 9. The fourth-order valence-corrected chi connectivity index (χ4v) is 12.5. The topological polar surface area (TPSA) is 25.8 Å². The molecule has 330 valence electrons. The van der Waals surface area contributed by atoms with Crippen LogP contribution in [0.2, 0.25) is 0 Å². The molecule has 3 aliphatic carbocycles. The molecular weight excluding hydrogens is 869 g/mol. The highest BCUT2D eigenvalue weighted by atomic mass is 14.9. The molecule has 16 rings (SSSR count). The van der Waals surface area contributed by atoms with Crippen molar-refractivity contribution in [2.45, 2.75) is 0 Å². The van der Waals surface area contributed by atoms with Crippen molar-refractivity contribution in [1.29, 1.82) is 0 Å². The standard InChI is InChI=1S/C70H40N2/c1-4-13-53-50(10-1)59-19-7-16-56-47(34-37-62(53)67(56)59)41-22-28-44(29-23-41)65-40-66(45-30-24-42(25-31-45)48-35-38-63-54-14-5-2-11-51(54)60-20-8-17-57(48)68(60)63)72-70(71-65)46-32-26-43(27-33-46)49-36-39-64-55-15-6-3-12-52(55)61-21-9-18-58(49)69(61)64/h1-40H. The third kappa shape index (κ3) is 5.66. The van der Waals surface area contributed by atoms with Gasteiger partial charge in [0, 0.05) is 16.7 Å². The Morgan fingerprint density at radius 3 is 0.750 bits per heavy atom. The minimum absolute atomic E-state index is 0.692. The van der Waals surface area contributed by atoms with Crippen molar-refractivity contribution in [2.75, 3.05) is 0 Å². The van der Waals surface area contributed by atoms with Gasteiger partial charge in [0.2, 0.25) is 0 Å². The van der Waals surface area contributed by atoms with Crippen LogP contribution in [-0.2, 0) is 0 Å². The monoisotopic (exact) mass is 908 g/mol. The van der Waals surface area contributed by atoms with Gasteiger partial charge in [0.1, 0.15) is 0 Å². The van der Waals surface area contributed by atoms with Crippen LogP contribution >= 0.6 is 0 Å². The lowest BCUT2D eigenvalue weighted by molar-refractivity contribution is 1.18. The number of nitrogens with zero attached hydrogens (tertiary/aromatic N) is 2. The van der Waals surface area contributed by atoms with E-state index in [9.17, 15) is 0 Å². The summed E-state index contributed by atoms with van der Waals surface area (Å²) in [6.07, 6.45) is 0. The van der Waals surface area contributed by atoms with Crippen LogP contribution in [0.3, 0.4) is 0 Å². The Morgan fingerprint density at radius 1 is 0.181 bits per heavy atom. The number of benzene rings is 12. The average molecular weight is 909 g/mol. The predicted molar refractivity (Wildman–Crippen MR) is 300 cm³/mol. The Balaban J connectivity index is 0.791. The van der Waals surface area contributed by atoms with Crippen molar-refractivity contribution in [3.05, 3.63) is 243 Å². The summed E-state index contributed by atoms with van der Waals surface area (Å²) in [5.41, 5.74) is 27.7. The quantitative estimate of drug-likeness (QED) is 0.166. The molecule has 0 spiro atoms. The van der Waals surface area contributed by atoms with Gasteiger partial charge < -0.3 is 0 Å². The first-order valence-corrected chi connectivity index (χ1v) is 24.9. The largest absolute Gasteiger partial charge is 0.228 e. The summed E-state index contributed by atoms with van der Waals surface area (Å²) < 4.78 is 0. The van der Waals surface area contributed by atoms with Crippen LogP contribution in [0.4, 0.5) is 0 Å². The molecule has 2 heteroatoms. The zero-order chi connectivity index (χ0) is 47.0. The van der Waals surface area contributed by atoms with Gasteiger partial charge >= 0.3 is 0 Å². The van der Waals surface area contributed by atoms with E-state index in [1.54, 1.807) is 0 Å². The van der Waals surface area contributed by atoms with Crippen LogP contribution in [0.1, 0.15) is 0 Å². The summed E-state index contributed by atoms with van der Waals surface area (Å²) in [7, 11) is 0. The van der Waals surface area contributed by atoms with Gasteiger partial charge in [-0.3, -0.25) is 0 Å². The minimum Gasteiger partial charge on any atom is -0.228 e. The van der Waals surface area contributed by atoms with Gasteiger partial charge in [-0.1, -0.05) is 237 Å². The molecule has 1 heterocycles. The number of aromatic nitrogens is 2. The molecule has 0 bridgehead atoms. The van der Waals surface area contributed by atoms with Crippen molar-refractivity contribution in [1.82, 2.24) is 9.97 Å². The van der Waals surface area contributed by atoms with E-state index in [1.807, 2.05) is 0 Å². The van der Waals surface area contributed by atoms with Crippen LogP contribution in [0.15, 0.2) is 243 Å². The average Bonchev–Trinajstić information content (AvgIpc) is 4.09. The third-order valence-corrected chi connectivity index (χ3v) is 15.8. The molecular formula is C70H40N2. The van der Waals surface area contributed by atoms with Crippen molar-refractivity contribution in [3.63, 3.8) is 0 Å². The van der Waals surface area contributed by atoms with Crippen LogP contribution in [0.25, 0.3) is 166 Å². The lowest BCUT2D eigenvalue weighted by atomic mass is 9.93. The molecule has 0 amide bonds. The van der Waals surface area contributed by atoms with Crippen molar-refractivity contribution in [2.24, 2.45) is 0 Å². The first-order valence-electron chi connectivity index (χ1n) is 24.9. The SMILES string of the molecule is c1ccc2c(c1)-c1cccc3c(-c4ccc(-c5cc(-c6ccc(-c7ccc8c9c(cccc79)-c7ccccc7-8)cc6)nc(-c6ccc(-c7ccc8c9c(cccc79)-c7ccccc7-8)cc6)n5)cc4)ccc-2c13. The van der Waals surface area contributed by atoms with E-state index in [-0.39, 0.29) is 0 Å². The molecule has 13 aromatic rings. The highest BCUT2D eigenvalue weighted by Crippen LogP contribution is 2.52. The van der Waals surface area contributed by atoms with E-state index in [1.165, 1.54) is 132 Å². The summed E-state index contributed by atoms with van der Waals surface area (Å²) in [6.45, 7) is 0. The van der Waals surface area contributed by atoms with Crippen molar-refractivity contribution < 1.29 is 0 Å². The Kier molecular flexibility index (Phi) is 8.20. The van der Waals surface area contributed by atoms with Gasteiger partial charge in [-0.25, -0.2) is 9.97 Å². The molecule has 0 radical (unpaired) electrons. The smallest absolute Gasteiger partial charge is 0.160 e. The van der Waals surface area contributed by atoms with E-state index >= 15 is 0 Å². The molecule has 2 nitrogen and oxygen atoms in total. The molecule has 72 heavy (non-hydrogen) atoms. The van der Waals surface area contributed by atoms with E-state index < -0.39 is 0 Å². The minimum atomic E-state index is 0.692. The maximum absolute atomic E-state index is 5.34. The van der Waals surface area contributed by atoms with E-state index in [0.717, 1.165) is 28.1 Å². The second-order valence-electron chi connectivity index (χ2n) is 19.5. The normalized spacial score (nSPS) is 12.2. The predicted octanol–water partition coefficient (Wildman–Crippen LogP) is 18.9. The van der Waals surface area contributed by atoms with E-state index in [0.29, 0.717) is 5.82 Å². The molecule has 0 saturated carbocycles. The first-order chi connectivity index (χ1) is 35.7. The van der Waals surface area contributed by atoms with Crippen LogP contribution in [0, 0.1) is 0 Å². The third-order valence-electron chi connectivity index (χ3n) is 15.8. The molecule has 0 aliphatic heterocycles. The van der Waals surface area contributed by atoms with Gasteiger partial charge in [-0.05, 0) is 139 Å². The number of hydrogen-bond donors (Lipinski definition) is 0. The molecule has 0 saturated heterocycles. The molecule has 0 fully saturated rings. The van der Waals surface area contributed by atoms with Crippen LogP contribution in [-0.4, -0.2) is 9.97 Å². The second-order valence-corrected chi connectivity index (χ2v) is 19.5. The molecule has 0 N–H and O–H groups in total. The summed E-state index contributed by atoms with van der Waals surface area (Å²) in [5.74, 6) is 0.692. The fraction of sp³-hybridized carbons (Fsp3) is 0. The zero-order valence-corrected chi connectivity index (χ0v) is 39.0. The number of rotatable bonds is 6. The molecule has 1 aromatic heterocycles. The molecule has 3 aliphatic rings. The van der Waals surface area contributed by atoms with Gasteiger partial charge in [0.05, 0.1) is 11.4 Å². The Morgan fingerprint density at radius 2 is 0.431 bits per heavy atom. The summed E-state index contributed by atoms with van der Waals surface area (Å²) in [4.78, 5) is 10.7. The number of hydrogen-bond acceptors (Lipinski definition) is 2. The molecule has 0 unspecified atom stereocenters. The summed E-state index contributed by atoms with van der Waals surface area (Å²) in [5, 5.41) is 7.82. The highest BCUT2D eigenvalue weighted by Gasteiger charge is 2.25. The first kappa shape index (κ1) is 39.4. The lowest BCUT2D eigenvalue weighted by Crippen LogP contribution is -1.96. The highest BCUT2D eigenvalue weighted by molar-refractivity contribution is 6.21. The van der Waals surface area contributed by atoms with Crippen LogP contribution in [0.5, 0.6) is 0 Å². The van der Waals surface area contributed by atoms with Gasteiger partial charge in [-0.15, -0.1) is 0 Å². The van der Waals surface area contributed by atoms with Crippen molar-refractivity contribution >= 4 is 32.3 Å². The fourth-order valence-electron chi connectivity index (χ4n) is 12.5. The van der Waals surface area contributed by atoms with Gasteiger partial charge in [0.25, 0.3) is 0 Å². The summed E-state index contributed by atoms with van der Waals surface area (Å²) >= 11 is 0. The second kappa shape index (κ2) is 15.0. The van der Waals surface area contributed by atoms with Crippen molar-refractivity contribution in [3.8, 4) is 134 Å². The molecule has 12 aromatic carbocycles. The Hall–Kier alpha value is -9.50. The van der Waals surface area contributed by atoms with E-state index in [4.69, 9.17) is 9.97 Å². The Bertz CT molecular complexity index is 3910. The zero-order valence-electron chi connectivity index (χ0n) is 39.0. The molecule has 0 atom stereocenters. The van der Waals surface area contributed by atoms with Gasteiger partial charge in [0.15, 0.2) is 5.82 Å². The van der Waals surface area contributed by atoms with Crippen LogP contribution < -0.4 is 0 Å². The van der Waals surface area contributed by atoms with E-state index in [2.05, 4.69) is 243 Å². The maximum atomic E-state index is 5.34. The lowest BCUT2D eigenvalue weighted by Gasteiger charge is -2.13. The van der Waals surface area contributed by atoms with Gasteiger partial charge in [-0.2, -0.15) is 0 Å². The summed E-state index contributed by atoms with van der Waals surface area (Å²) in [6, 6.07) is 89.1. The maximum Gasteiger partial charge on any atom is 0.160 e. The Labute approximate surface area is 416 Å².